The fraction of sp³-hybridized carbons (Fsp3) is 0.519. The van der Waals surface area contributed by atoms with Crippen molar-refractivity contribution in [3.05, 3.63) is 57.3 Å². The molecule has 1 N–H and O–H groups in total. The van der Waals surface area contributed by atoms with E-state index in [4.69, 9.17) is 9.73 Å². The van der Waals surface area contributed by atoms with Crippen molar-refractivity contribution in [3.8, 4) is 0 Å². The van der Waals surface area contributed by atoms with Crippen molar-refractivity contribution >= 4 is 28.8 Å². The van der Waals surface area contributed by atoms with Crippen LogP contribution < -0.4 is 5.32 Å². The van der Waals surface area contributed by atoms with E-state index in [1.54, 1.807) is 0 Å². The van der Waals surface area contributed by atoms with Gasteiger partial charge in [-0.05, 0) is 69.7 Å². The van der Waals surface area contributed by atoms with Gasteiger partial charge in [-0.1, -0.05) is 42.4 Å². The number of benzene rings is 1. The normalized spacial score (nSPS) is 22.1. The SMILES string of the molecule is CCC1=C(C(=O)OC)[C@@H](c2ccc(C)cc2C)N2C(CC(=O)NCC[C@@H]3CCCN3C)=CSC2=N1. The Balaban J connectivity index is 1.58. The zero-order valence-electron chi connectivity index (χ0n) is 21.4. The Kier molecular flexibility index (Phi) is 8.02. The van der Waals surface area contributed by atoms with Crippen molar-refractivity contribution in [1.29, 1.82) is 0 Å². The average molecular weight is 497 g/mol. The number of thioether (sulfide) groups is 1. The molecule has 0 aliphatic carbocycles. The minimum Gasteiger partial charge on any atom is -0.466 e. The topological polar surface area (TPSA) is 74.2 Å². The number of carbonyl (C=O) groups excluding carboxylic acids is 2. The zero-order chi connectivity index (χ0) is 25.1. The fourth-order valence-corrected chi connectivity index (χ4v) is 6.23. The summed E-state index contributed by atoms with van der Waals surface area (Å²) in [6, 6.07) is 6.43. The number of hydrogen-bond acceptors (Lipinski definition) is 7. The standard InChI is InChI=1S/C27H36N4O3S/c1-6-22-24(26(33)34-5)25(21-10-9-17(2)14-18(21)3)31-20(16-35-27(31)29-22)15-23(32)28-12-11-19-8-7-13-30(19)4/h9-10,14,16,19,25H,6-8,11-13,15H2,1-5H3,(H,28,32)/t19-,25+/m0/s1. The van der Waals surface area contributed by atoms with Crippen LogP contribution >= 0.6 is 11.8 Å². The molecule has 4 rings (SSSR count). The molecule has 7 nitrogen and oxygen atoms in total. The van der Waals surface area contributed by atoms with Crippen LogP contribution in [0.5, 0.6) is 0 Å². The van der Waals surface area contributed by atoms with E-state index < -0.39 is 0 Å². The summed E-state index contributed by atoms with van der Waals surface area (Å²) in [5.74, 6) is -0.390. The van der Waals surface area contributed by atoms with Crippen LogP contribution in [-0.2, 0) is 14.3 Å². The van der Waals surface area contributed by atoms with Gasteiger partial charge in [0.05, 0.1) is 30.8 Å². The number of ether oxygens (including phenoxy) is 1. The fourth-order valence-electron chi connectivity index (χ4n) is 5.29. The average Bonchev–Trinajstić information content (AvgIpc) is 3.43. The van der Waals surface area contributed by atoms with E-state index >= 15 is 0 Å². The summed E-state index contributed by atoms with van der Waals surface area (Å²) in [6.45, 7) is 7.93. The summed E-state index contributed by atoms with van der Waals surface area (Å²) < 4.78 is 5.21. The second-order valence-electron chi connectivity index (χ2n) is 9.55. The van der Waals surface area contributed by atoms with Crippen LogP contribution in [0.15, 0.2) is 45.6 Å². The molecule has 3 aliphatic rings. The molecule has 0 unspecified atom stereocenters. The van der Waals surface area contributed by atoms with Crippen molar-refractivity contribution in [2.75, 3.05) is 27.2 Å². The molecule has 2 atom stereocenters. The van der Waals surface area contributed by atoms with Gasteiger partial charge in [0.15, 0.2) is 5.17 Å². The number of aliphatic imine (C=N–C) groups is 1. The highest BCUT2D eigenvalue weighted by molar-refractivity contribution is 8.16. The molecule has 3 aliphatic heterocycles. The van der Waals surface area contributed by atoms with Crippen LogP contribution in [0.4, 0.5) is 0 Å². The molecular weight excluding hydrogens is 460 g/mol. The number of allylic oxidation sites excluding steroid dienone is 1. The second kappa shape index (κ2) is 11.0. The van der Waals surface area contributed by atoms with E-state index in [1.165, 1.54) is 31.7 Å². The van der Waals surface area contributed by atoms with E-state index in [0.717, 1.165) is 46.2 Å². The first-order chi connectivity index (χ1) is 16.8. The number of nitrogens with one attached hydrogen (secondary N) is 1. The quantitative estimate of drug-likeness (QED) is 0.537. The van der Waals surface area contributed by atoms with Gasteiger partial charge in [0, 0.05) is 18.3 Å². The minimum atomic E-state index is -0.383. The number of aryl methyl sites for hydroxylation is 2. The second-order valence-corrected chi connectivity index (χ2v) is 10.4. The summed E-state index contributed by atoms with van der Waals surface area (Å²) in [5.41, 5.74) is 5.41. The van der Waals surface area contributed by atoms with E-state index in [2.05, 4.69) is 54.2 Å². The van der Waals surface area contributed by atoms with Crippen molar-refractivity contribution < 1.29 is 14.3 Å². The molecule has 0 saturated carbocycles. The van der Waals surface area contributed by atoms with Gasteiger partial charge in [-0.3, -0.25) is 4.79 Å². The van der Waals surface area contributed by atoms with Crippen molar-refractivity contribution in [2.24, 2.45) is 4.99 Å². The Hall–Kier alpha value is -2.58. The summed E-state index contributed by atoms with van der Waals surface area (Å²) >= 11 is 1.51. The third kappa shape index (κ3) is 5.33. The Bertz CT molecular complexity index is 1090. The van der Waals surface area contributed by atoms with Gasteiger partial charge >= 0.3 is 5.97 Å². The largest absolute Gasteiger partial charge is 0.466 e. The Morgan fingerprint density at radius 3 is 2.74 bits per heavy atom. The molecule has 3 heterocycles. The molecule has 0 bridgehead atoms. The lowest BCUT2D eigenvalue weighted by molar-refractivity contribution is -0.136. The molecule has 1 fully saturated rings. The number of rotatable bonds is 8. The van der Waals surface area contributed by atoms with Gasteiger partial charge in [-0.2, -0.15) is 0 Å². The summed E-state index contributed by atoms with van der Waals surface area (Å²) in [7, 11) is 3.56. The van der Waals surface area contributed by atoms with Crippen LogP contribution in [0.3, 0.4) is 0 Å². The molecule has 8 heteroatoms. The van der Waals surface area contributed by atoms with Crippen LogP contribution in [0.2, 0.25) is 0 Å². The number of carbonyl (C=O) groups is 2. The predicted molar refractivity (Wildman–Crippen MR) is 141 cm³/mol. The Morgan fingerprint density at radius 2 is 2.09 bits per heavy atom. The smallest absolute Gasteiger partial charge is 0.338 e. The maximum atomic E-state index is 13.0. The number of nitrogens with zero attached hydrogens (tertiary/aromatic N) is 3. The number of methoxy groups -OCH3 is 1. The Labute approximate surface area is 212 Å². The first-order valence-electron chi connectivity index (χ1n) is 12.4. The number of amidine groups is 1. The maximum absolute atomic E-state index is 13.0. The lowest BCUT2D eigenvalue weighted by Crippen LogP contribution is -2.38. The lowest BCUT2D eigenvalue weighted by Gasteiger charge is -2.37. The van der Waals surface area contributed by atoms with E-state index in [-0.39, 0.29) is 24.3 Å². The molecule has 0 radical (unpaired) electrons. The maximum Gasteiger partial charge on any atom is 0.338 e. The van der Waals surface area contributed by atoms with E-state index in [0.29, 0.717) is 24.6 Å². The van der Waals surface area contributed by atoms with Crippen LogP contribution in [-0.4, -0.2) is 60.1 Å². The molecule has 1 saturated heterocycles. The van der Waals surface area contributed by atoms with Gasteiger partial charge in [0.1, 0.15) is 0 Å². The first kappa shape index (κ1) is 25.5. The third-order valence-electron chi connectivity index (χ3n) is 7.16. The van der Waals surface area contributed by atoms with Crippen LogP contribution in [0.1, 0.15) is 61.8 Å². The van der Waals surface area contributed by atoms with Crippen LogP contribution in [0, 0.1) is 13.8 Å². The van der Waals surface area contributed by atoms with Gasteiger partial charge in [0.2, 0.25) is 5.91 Å². The number of hydrogen-bond donors (Lipinski definition) is 1. The van der Waals surface area contributed by atoms with Crippen molar-refractivity contribution in [3.63, 3.8) is 0 Å². The minimum absolute atomic E-state index is 0.0111. The summed E-state index contributed by atoms with van der Waals surface area (Å²) in [5, 5.41) is 5.90. The molecule has 1 aromatic rings. The molecule has 35 heavy (non-hydrogen) atoms. The highest BCUT2D eigenvalue weighted by atomic mass is 32.2. The molecule has 0 aromatic heterocycles. The summed E-state index contributed by atoms with van der Waals surface area (Å²) in [4.78, 5) is 35.2. The number of likely N-dealkylation sites (tertiary alicyclic amines) is 1. The monoisotopic (exact) mass is 496 g/mol. The molecule has 1 aromatic carbocycles. The number of fused-ring (bicyclic) bond motifs is 1. The van der Waals surface area contributed by atoms with Crippen molar-refractivity contribution in [1.82, 2.24) is 15.1 Å². The van der Waals surface area contributed by atoms with E-state index in [9.17, 15) is 9.59 Å². The van der Waals surface area contributed by atoms with E-state index in [1.807, 2.05) is 12.3 Å². The number of amides is 1. The first-order valence-corrected chi connectivity index (χ1v) is 13.3. The molecule has 0 spiro atoms. The van der Waals surface area contributed by atoms with Gasteiger partial charge in [0.25, 0.3) is 0 Å². The number of esters is 1. The lowest BCUT2D eigenvalue weighted by atomic mass is 9.89. The van der Waals surface area contributed by atoms with Gasteiger partial charge in [-0.15, -0.1) is 0 Å². The Morgan fingerprint density at radius 1 is 1.29 bits per heavy atom. The predicted octanol–water partition coefficient (Wildman–Crippen LogP) is 4.43. The highest BCUT2D eigenvalue weighted by Crippen LogP contribution is 2.46. The summed E-state index contributed by atoms with van der Waals surface area (Å²) in [6.07, 6.45) is 4.25. The van der Waals surface area contributed by atoms with Gasteiger partial charge < -0.3 is 19.9 Å². The van der Waals surface area contributed by atoms with Crippen LogP contribution in [0.25, 0.3) is 0 Å². The molecule has 1 amide bonds. The molecular formula is C27H36N4O3S. The van der Waals surface area contributed by atoms with Gasteiger partial charge in [-0.25, -0.2) is 9.79 Å². The van der Waals surface area contributed by atoms with Crippen molar-refractivity contribution in [2.45, 2.75) is 65.0 Å². The zero-order valence-corrected chi connectivity index (χ0v) is 22.2. The highest BCUT2D eigenvalue weighted by Gasteiger charge is 2.42. The molecule has 188 valence electrons. The third-order valence-corrected chi connectivity index (χ3v) is 8.05.